The Kier molecular flexibility index (Phi) is 5.95. The van der Waals surface area contributed by atoms with Crippen LogP contribution in [0.3, 0.4) is 0 Å². The van der Waals surface area contributed by atoms with Crippen molar-refractivity contribution >= 4 is 33.5 Å². The van der Waals surface area contributed by atoms with Gasteiger partial charge in [0.2, 0.25) is 0 Å². The molecule has 1 fully saturated rings. The zero-order valence-electron chi connectivity index (χ0n) is 11.7. The molecule has 0 amide bonds. The molecule has 0 aromatic carbocycles. The molecule has 5 heteroatoms. The van der Waals surface area contributed by atoms with E-state index in [9.17, 15) is 0 Å². The van der Waals surface area contributed by atoms with Gasteiger partial charge in [-0.05, 0) is 47.9 Å². The van der Waals surface area contributed by atoms with E-state index in [2.05, 4.69) is 35.1 Å². The molecule has 1 aromatic heterocycles. The molecule has 106 valence electrons. The molecule has 1 saturated heterocycles. The predicted molar refractivity (Wildman–Crippen MR) is 86.9 cm³/mol. The maximum atomic E-state index is 4.81. The second-order valence-electron chi connectivity index (χ2n) is 4.83. The number of thioether (sulfide) groups is 1. The van der Waals surface area contributed by atoms with E-state index in [1.165, 1.54) is 25.0 Å². The summed E-state index contributed by atoms with van der Waals surface area (Å²) < 4.78 is 1.04. The van der Waals surface area contributed by atoms with Crippen LogP contribution < -0.4 is 5.32 Å². The van der Waals surface area contributed by atoms with Crippen molar-refractivity contribution in [3.8, 4) is 0 Å². The molecule has 1 aliphatic rings. The van der Waals surface area contributed by atoms with Gasteiger partial charge in [-0.3, -0.25) is 0 Å². The molecule has 19 heavy (non-hydrogen) atoms. The van der Waals surface area contributed by atoms with Gasteiger partial charge in [-0.1, -0.05) is 19.8 Å². The molecule has 0 saturated carbocycles. The van der Waals surface area contributed by atoms with E-state index in [0.29, 0.717) is 5.25 Å². The molecule has 1 aliphatic heterocycles. The van der Waals surface area contributed by atoms with Gasteiger partial charge in [0.25, 0.3) is 0 Å². The molecule has 0 bridgehead atoms. The van der Waals surface area contributed by atoms with E-state index in [1.807, 2.05) is 11.8 Å². The molecule has 0 spiro atoms. The Balaban J connectivity index is 2.30. The third-order valence-corrected chi connectivity index (χ3v) is 5.44. The highest BCUT2D eigenvalue weighted by atomic mass is 79.9. The third kappa shape index (κ3) is 3.85. The predicted octanol–water partition coefficient (Wildman–Crippen LogP) is 4.58. The summed E-state index contributed by atoms with van der Waals surface area (Å²) in [5, 5.41) is 3.83. The van der Waals surface area contributed by atoms with Gasteiger partial charge in [0, 0.05) is 6.54 Å². The Labute approximate surface area is 128 Å². The number of aryl methyl sites for hydroxylation is 1. The summed E-state index contributed by atoms with van der Waals surface area (Å²) in [5.41, 5.74) is 1.15. The minimum absolute atomic E-state index is 0.481. The maximum Gasteiger partial charge on any atom is 0.144 e. The van der Waals surface area contributed by atoms with Gasteiger partial charge in [0.1, 0.15) is 11.6 Å². The molecule has 1 atom stereocenters. The van der Waals surface area contributed by atoms with Crippen molar-refractivity contribution in [1.29, 1.82) is 0 Å². The molecule has 1 aromatic rings. The quantitative estimate of drug-likeness (QED) is 0.848. The highest BCUT2D eigenvalue weighted by Gasteiger charge is 2.21. The van der Waals surface area contributed by atoms with E-state index >= 15 is 0 Å². The third-order valence-electron chi connectivity index (χ3n) is 3.24. The second-order valence-corrected chi connectivity index (χ2v) is 6.93. The fraction of sp³-hybridized carbons (Fsp3) is 0.714. The van der Waals surface area contributed by atoms with Gasteiger partial charge in [0.15, 0.2) is 0 Å². The molecule has 2 rings (SSSR count). The van der Waals surface area contributed by atoms with Crippen molar-refractivity contribution in [3.63, 3.8) is 0 Å². The SMILES string of the molecule is CCCc1nc(C2CCCCS2)nc(NCC)c1Br. The van der Waals surface area contributed by atoms with Crippen molar-refractivity contribution in [3.05, 3.63) is 16.0 Å². The minimum atomic E-state index is 0.481. The summed E-state index contributed by atoms with van der Waals surface area (Å²) in [7, 11) is 0. The zero-order valence-corrected chi connectivity index (χ0v) is 14.1. The Morgan fingerprint density at radius 3 is 2.79 bits per heavy atom. The topological polar surface area (TPSA) is 37.8 Å². The smallest absolute Gasteiger partial charge is 0.144 e. The van der Waals surface area contributed by atoms with Crippen LogP contribution in [0.2, 0.25) is 0 Å². The van der Waals surface area contributed by atoms with Crippen LogP contribution in [0.15, 0.2) is 4.47 Å². The number of hydrogen-bond acceptors (Lipinski definition) is 4. The molecule has 3 nitrogen and oxygen atoms in total. The highest BCUT2D eigenvalue weighted by Crippen LogP contribution is 2.38. The van der Waals surface area contributed by atoms with Crippen LogP contribution in [0, 0.1) is 0 Å². The second kappa shape index (κ2) is 7.48. The average molecular weight is 344 g/mol. The van der Waals surface area contributed by atoms with Crippen molar-refractivity contribution in [2.75, 3.05) is 17.6 Å². The number of anilines is 1. The lowest BCUT2D eigenvalue weighted by molar-refractivity contribution is 0.657. The molecule has 1 N–H and O–H groups in total. The van der Waals surface area contributed by atoms with E-state index in [4.69, 9.17) is 9.97 Å². The molecule has 2 heterocycles. The Morgan fingerprint density at radius 1 is 1.32 bits per heavy atom. The van der Waals surface area contributed by atoms with Crippen LogP contribution in [-0.2, 0) is 6.42 Å². The van der Waals surface area contributed by atoms with E-state index in [-0.39, 0.29) is 0 Å². The first kappa shape index (κ1) is 15.1. The number of hydrogen-bond donors (Lipinski definition) is 1. The summed E-state index contributed by atoms with van der Waals surface area (Å²) in [6, 6.07) is 0. The average Bonchev–Trinajstić information content (AvgIpc) is 2.44. The monoisotopic (exact) mass is 343 g/mol. The Morgan fingerprint density at radius 2 is 2.16 bits per heavy atom. The van der Waals surface area contributed by atoms with E-state index in [0.717, 1.165) is 41.2 Å². The summed E-state index contributed by atoms with van der Waals surface area (Å²) >= 11 is 5.65. The van der Waals surface area contributed by atoms with Gasteiger partial charge < -0.3 is 5.32 Å². The van der Waals surface area contributed by atoms with Gasteiger partial charge in [-0.2, -0.15) is 11.8 Å². The summed E-state index contributed by atoms with van der Waals surface area (Å²) in [5.74, 6) is 3.22. The number of nitrogens with one attached hydrogen (secondary N) is 1. The maximum absolute atomic E-state index is 4.81. The zero-order chi connectivity index (χ0) is 13.7. The fourth-order valence-electron chi connectivity index (χ4n) is 2.29. The minimum Gasteiger partial charge on any atom is -0.369 e. The van der Waals surface area contributed by atoms with Crippen molar-refractivity contribution in [1.82, 2.24) is 9.97 Å². The fourth-order valence-corrected chi connectivity index (χ4v) is 4.05. The van der Waals surface area contributed by atoms with Gasteiger partial charge >= 0.3 is 0 Å². The van der Waals surface area contributed by atoms with E-state index < -0.39 is 0 Å². The number of halogens is 1. The number of aromatic nitrogens is 2. The molecule has 0 radical (unpaired) electrons. The number of rotatable bonds is 5. The van der Waals surface area contributed by atoms with Crippen LogP contribution in [0.4, 0.5) is 5.82 Å². The van der Waals surface area contributed by atoms with Crippen LogP contribution in [0.25, 0.3) is 0 Å². The largest absolute Gasteiger partial charge is 0.369 e. The first-order chi connectivity index (χ1) is 9.26. The summed E-state index contributed by atoms with van der Waals surface area (Å²) in [6.07, 6.45) is 5.96. The first-order valence-electron chi connectivity index (χ1n) is 7.18. The Hall–Kier alpha value is -0.290. The highest BCUT2D eigenvalue weighted by molar-refractivity contribution is 9.10. The van der Waals surface area contributed by atoms with Crippen LogP contribution in [-0.4, -0.2) is 22.3 Å². The molecular formula is C14H22BrN3S. The summed E-state index contributed by atoms with van der Waals surface area (Å²) in [4.78, 5) is 9.55. The number of nitrogens with zero attached hydrogens (tertiary/aromatic N) is 2. The molecule has 1 unspecified atom stereocenters. The molecular weight excluding hydrogens is 322 g/mol. The van der Waals surface area contributed by atoms with Crippen LogP contribution >= 0.6 is 27.7 Å². The lowest BCUT2D eigenvalue weighted by Crippen LogP contribution is -2.12. The van der Waals surface area contributed by atoms with Crippen LogP contribution in [0.5, 0.6) is 0 Å². The lowest BCUT2D eigenvalue weighted by atomic mass is 10.1. The standard InChI is InChI=1S/C14H22BrN3S/c1-3-7-10-12(15)14(16-4-2)18-13(17-10)11-8-5-6-9-19-11/h11H,3-9H2,1-2H3,(H,16,17,18). The van der Waals surface area contributed by atoms with E-state index in [1.54, 1.807) is 0 Å². The Bertz CT molecular complexity index is 392. The van der Waals surface area contributed by atoms with Gasteiger partial charge in [-0.15, -0.1) is 0 Å². The summed E-state index contributed by atoms with van der Waals surface area (Å²) in [6.45, 7) is 5.18. The van der Waals surface area contributed by atoms with Gasteiger partial charge in [0.05, 0.1) is 15.4 Å². The van der Waals surface area contributed by atoms with Crippen molar-refractivity contribution in [2.45, 2.75) is 51.2 Å². The lowest BCUT2D eigenvalue weighted by Gasteiger charge is -2.21. The van der Waals surface area contributed by atoms with Crippen molar-refractivity contribution in [2.24, 2.45) is 0 Å². The van der Waals surface area contributed by atoms with Crippen LogP contribution in [0.1, 0.15) is 56.3 Å². The van der Waals surface area contributed by atoms with Crippen molar-refractivity contribution < 1.29 is 0 Å². The van der Waals surface area contributed by atoms with Gasteiger partial charge in [-0.25, -0.2) is 9.97 Å². The molecule has 0 aliphatic carbocycles. The first-order valence-corrected chi connectivity index (χ1v) is 9.02. The normalized spacial score (nSPS) is 19.4.